The first-order chi connectivity index (χ1) is 15.4. The molecule has 1 aliphatic heterocycles. The minimum Gasteiger partial charge on any atom is -0.378 e. The minimum atomic E-state index is -0.358. The molecule has 8 nitrogen and oxygen atoms in total. The van der Waals surface area contributed by atoms with Crippen molar-refractivity contribution in [2.45, 2.75) is 25.7 Å². The fraction of sp³-hybridized carbons (Fsp3) is 0.478. The molecule has 2 aliphatic rings. The lowest BCUT2D eigenvalue weighted by atomic mass is 9.98. The average molecular weight is 442 g/mol. The molecule has 170 valence electrons. The fourth-order valence-electron chi connectivity index (χ4n) is 4.28. The maximum absolute atomic E-state index is 13.2. The van der Waals surface area contributed by atoms with Gasteiger partial charge < -0.3 is 19.5 Å². The van der Waals surface area contributed by atoms with Crippen molar-refractivity contribution in [2.75, 3.05) is 39.9 Å². The van der Waals surface area contributed by atoms with E-state index in [0.29, 0.717) is 74.6 Å². The summed E-state index contributed by atoms with van der Waals surface area (Å²) in [6.07, 6.45) is 2.03. The predicted octanol–water partition coefficient (Wildman–Crippen LogP) is 1.39. The summed E-state index contributed by atoms with van der Waals surface area (Å²) in [6.45, 7) is 2.17. The highest BCUT2D eigenvalue weighted by Crippen LogP contribution is 2.25. The number of morpholine rings is 1. The highest BCUT2D eigenvalue weighted by atomic mass is 19.1. The molecule has 1 saturated heterocycles. The van der Waals surface area contributed by atoms with Crippen LogP contribution in [0.15, 0.2) is 29.1 Å². The summed E-state index contributed by atoms with van der Waals surface area (Å²) >= 11 is 0. The van der Waals surface area contributed by atoms with Crippen molar-refractivity contribution in [3.63, 3.8) is 0 Å². The molecular weight excluding hydrogens is 415 g/mol. The van der Waals surface area contributed by atoms with Crippen molar-refractivity contribution < 1.29 is 18.7 Å². The van der Waals surface area contributed by atoms with Gasteiger partial charge in [0.15, 0.2) is 0 Å². The minimum absolute atomic E-state index is 0.0375. The number of likely N-dealkylation sites (N-methyl/N-ethyl adjacent to an activating group) is 1. The summed E-state index contributed by atoms with van der Waals surface area (Å²) in [4.78, 5) is 48.8. The van der Waals surface area contributed by atoms with Crippen molar-refractivity contribution in [3.8, 4) is 11.4 Å². The maximum Gasteiger partial charge on any atom is 0.254 e. The van der Waals surface area contributed by atoms with Gasteiger partial charge in [-0.3, -0.25) is 14.4 Å². The molecule has 2 aromatic rings. The molecule has 1 aliphatic carbocycles. The van der Waals surface area contributed by atoms with Crippen LogP contribution in [0.25, 0.3) is 11.4 Å². The molecule has 1 aromatic carbocycles. The Bertz CT molecular complexity index is 1050. The third-order valence-electron chi connectivity index (χ3n) is 6.15. The lowest BCUT2D eigenvalue weighted by Gasteiger charge is -2.29. The number of ether oxygens (including phenoxy) is 1. The summed E-state index contributed by atoms with van der Waals surface area (Å²) in [5.41, 5.74) is 1.68. The molecule has 1 atom stereocenters. The number of fused-ring (bicyclic) bond motifs is 1. The second-order valence-electron chi connectivity index (χ2n) is 8.31. The molecule has 1 unspecified atom stereocenters. The van der Waals surface area contributed by atoms with Crippen molar-refractivity contribution in [3.05, 3.63) is 51.7 Å². The summed E-state index contributed by atoms with van der Waals surface area (Å²) in [5, 5.41) is 0. The van der Waals surface area contributed by atoms with E-state index in [0.717, 1.165) is 0 Å². The van der Waals surface area contributed by atoms with E-state index in [1.54, 1.807) is 24.1 Å². The number of nitrogens with one attached hydrogen (secondary N) is 1. The summed E-state index contributed by atoms with van der Waals surface area (Å²) in [5.74, 6) is -0.409. The molecule has 2 amide bonds. The van der Waals surface area contributed by atoms with Gasteiger partial charge in [0.2, 0.25) is 11.8 Å². The Hall–Kier alpha value is -3.07. The number of rotatable bonds is 4. The highest BCUT2D eigenvalue weighted by molar-refractivity contribution is 5.86. The lowest BCUT2D eigenvalue weighted by Crippen LogP contribution is -2.47. The SMILES string of the molecule is CN(CC(=O)N1CCOCC1)C(=O)C1CCc2nc(-c3ccc(F)cc3)[nH]c(=O)c2CC1. The molecule has 32 heavy (non-hydrogen) atoms. The topological polar surface area (TPSA) is 95.6 Å². The monoisotopic (exact) mass is 442 g/mol. The molecule has 1 fully saturated rings. The molecule has 2 heterocycles. The van der Waals surface area contributed by atoms with Gasteiger partial charge in [0.05, 0.1) is 25.5 Å². The highest BCUT2D eigenvalue weighted by Gasteiger charge is 2.29. The number of H-pyrrole nitrogens is 1. The standard InChI is InChI=1S/C23H27FN4O4/c1-27(14-20(29)28-10-12-32-13-11-28)23(31)16-4-8-18-19(9-5-16)25-21(26-22(18)30)15-2-6-17(24)7-3-15/h2-3,6-7,16H,4-5,8-14H2,1H3,(H,25,26,30). The van der Waals surface area contributed by atoms with Crippen LogP contribution in [0.5, 0.6) is 0 Å². The normalized spacial score (nSPS) is 18.6. The quantitative estimate of drug-likeness (QED) is 0.722. The number of hydrogen-bond acceptors (Lipinski definition) is 5. The van der Waals surface area contributed by atoms with Crippen LogP contribution < -0.4 is 5.56 Å². The van der Waals surface area contributed by atoms with Gasteiger partial charge in [-0.05, 0) is 49.9 Å². The molecule has 1 N–H and O–H groups in total. The molecule has 4 rings (SSSR count). The maximum atomic E-state index is 13.2. The van der Waals surface area contributed by atoms with Crippen LogP contribution >= 0.6 is 0 Å². The molecule has 9 heteroatoms. The summed E-state index contributed by atoms with van der Waals surface area (Å²) in [6, 6.07) is 5.79. The Balaban J connectivity index is 1.43. The van der Waals surface area contributed by atoms with E-state index in [-0.39, 0.29) is 35.7 Å². The Labute approximate surface area is 185 Å². The van der Waals surface area contributed by atoms with Crippen LogP contribution in [0.1, 0.15) is 24.1 Å². The first kappa shape index (κ1) is 22.1. The lowest BCUT2D eigenvalue weighted by molar-refractivity contribution is -0.143. The van der Waals surface area contributed by atoms with E-state index in [9.17, 15) is 18.8 Å². The number of amides is 2. The zero-order chi connectivity index (χ0) is 22.7. The third kappa shape index (κ3) is 4.88. The molecule has 0 saturated carbocycles. The number of aromatic nitrogens is 2. The second kappa shape index (κ2) is 9.60. The van der Waals surface area contributed by atoms with Crippen molar-refractivity contribution in [1.29, 1.82) is 0 Å². The zero-order valence-corrected chi connectivity index (χ0v) is 18.1. The number of aryl methyl sites for hydroxylation is 1. The second-order valence-corrected chi connectivity index (χ2v) is 8.31. The van der Waals surface area contributed by atoms with Crippen molar-refractivity contribution in [1.82, 2.24) is 19.8 Å². The molecule has 0 radical (unpaired) electrons. The Morgan fingerprint density at radius 2 is 1.88 bits per heavy atom. The van der Waals surface area contributed by atoms with Crippen LogP contribution in [-0.4, -0.2) is 71.5 Å². The van der Waals surface area contributed by atoms with Gasteiger partial charge in [0.1, 0.15) is 11.6 Å². The van der Waals surface area contributed by atoms with Gasteiger partial charge in [-0.25, -0.2) is 9.37 Å². The van der Waals surface area contributed by atoms with E-state index in [2.05, 4.69) is 9.97 Å². The van der Waals surface area contributed by atoms with E-state index in [4.69, 9.17) is 4.74 Å². The average Bonchev–Trinajstić information content (AvgIpc) is 3.02. The third-order valence-corrected chi connectivity index (χ3v) is 6.15. The number of halogens is 1. The summed E-state index contributed by atoms with van der Waals surface area (Å²) < 4.78 is 18.5. The molecular formula is C23H27FN4O4. The smallest absolute Gasteiger partial charge is 0.254 e. The number of nitrogens with zero attached hydrogens (tertiary/aromatic N) is 3. The van der Waals surface area contributed by atoms with Crippen LogP contribution in [0, 0.1) is 11.7 Å². The Morgan fingerprint density at radius 3 is 2.59 bits per heavy atom. The van der Waals surface area contributed by atoms with Crippen LogP contribution in [0.4, 0.5) is 4.39 Å². The van der Waals surface area contributed by atoms with Gasteiger partial charge in [-0.2, -0.15) is 0 Å². The van der Waals surface area contributed by atoms with Crippen LogP contribution in [-0.2, 0) is 27.2 Å². The first-order valence-electron chi connectivity index (χ1n) is 10.9. The van der Waals surface area contributed by atoms with Gasteiger partial charge in [0, 0.05) is 37.2 Å². The zero-order valence-electron chi connectivity index (χ0n) is 18.1. The van der Waals surface area contributed by atoms with Gasteiger partial charge in [0.25, 0.3) is 5.56 Å². The van der Waals surface area contributed by atoms with Gasteiger partial charge >= 0.3 is 0 Å². The molecule has 0 bridgehead atoms. The van der Waals surface area contributed by atoms with E-state index < -0.39 is 0 Å². The molecule has 1 aromatic heterocycles. The van der Waals surface area contributed by atoms with Gasteiger partial charge in [-0.1, -0.05) is 0 Å². The predicted molar refractivity (Wildman–Crippen MR) is 115 cm³/mol. The number of aromatic amines is 1. The number of hydrogen-bond donors (Lipinski definition) is 1. The van der Waals surface area contributed by atoms with Crippen molar-refractivity contribution in [2.24, 2.45) is 5.92 Å². The Morgan fingerprint density at radius 1 is 1.19 bits per heavy atom. The van der Waals surface area contributed by atoms with E-state index in [1.807, 2.05) is 0 Å². The fourth-order valence-corrected chi connectivity index (χ4v) is 4.28. The van der Waals surface area contributed by atoms with Crippen molar-refractivity contribution >= 4 is 11.8 Å². The largest absolute Gasteiger partial charge is 0.378 e. The summed E-state index contributed by atoms with van der Waals surface area (Å²) in [7, 11) is 1.65. The Kier molecular flexibility index (Phi) is 6.64. The van der Waals surface area contributed by atoms with Crippen LogP contribution in [0.2, 0.25) is 0 Å². The van der Waals surface area contributed by atoms with Gasteiger partial charge in [-0.15, -0.1) is 0 Å². The number of carbonyl (C=O) groups excluding carboxylic acids is 2. The van der Waals surface area contributed by atoms with Crippen LogP contribution in [0.3, 0.4) is 0 Å². The molecule has 0 spiro atoms. The van der Waals surface area contributed by atoms with E-state index in [1.165, 1.54) is 17.0 Å². The van der Waals surface area contributed by atoms with E-state index >= 15 is 0 Å². The first-order valence-corrected chi connectivity index (χ1v) is 10.9. The number of benzene rings is 1. The number of carbonyl (C=O) groups is 2.